The van der Waals surface area contributed by atoms with E-state index in [2.05, 4.69) is 4.98 Å². The fraction of sp³-hybridized carbons (Fsp3) is 0. The van der Waals surface area contributed by atoms with Crippen LogP contribution in [0.1, 0.15) is 0 Å². The Kier molecular flexibility index (Phi) is 4.52. The molecule has 0 spiro atoms. The summed E-state index contributed by atoms with van der Waals surface area (Å²) in [4.78, 5) is 30.7. The minimum absolute atomic E-state index is 0.00878. The topological polar surface area (TPSA) is 112 Å². The Morgan fingerprint density at radius 2 is 1.44 bits per heavy atom. The van der Waals surface area contributed by atoms with E-state index in [1.807, 2.05) is 36.4 Å². The van der Waals surface area contributed by atoms with Gasteiger partial charge >= 0.3 is 0 Å². The minimum atomic E-state index is -0.453. The van der Waals surface area contributed by atoms with Crippen LogP contribution in [-0.2, 0) is 0 Å². The Hall–Kier alpha value is -4.72. The molecule has 8 heteroatoms. The average molecular weight is 422 g/mol. The molecular formula is C24H14N4O4. The molecule has 0 unspecified atom stereocenters. The monoisotopic (exact) mass is 422 g/mol. The SMILES string of the molecule is O=[N+]([O-])c1ccc(-c2cc(-c3cccc([N+](=O)[O-])c3)c3c(ccc4ncccc43)n2)cc1. The van der Waals surface area contributed by atoms with Crippen molar-refractivity contribution in [2.24, 2.45) is 0 Å². The number of hydrogen-bond donors (Lipinski definition) is 0. The fourth-order valence-electron chi connectivity index (χ4n) is 3.80. The number of hydrogen-bond acceptors (Lipinski definition) is 6. The van der Waals surface area contributed by atoms with Crippen molar-refractivity contribution in [2.75, 3.05) is 0 Å². The lowest BCUT2D eigenvalue weighted by Crippen LogP contribution is -1.94. The van der Waals surface area contributed by atoms with Gasteiger partial charge in [0.1, 0.15) is 0 Å². The summed E-state index contributed by atoms with van der Waals surface area (Å²) in [7, 11) is 0. The molecule has 0 amide bonds. The van der Waals surface area contributed by atoms with Crippen LogP contribution in [0.25, 0.3) is 44.2 Å². The van der Waals surface area contributed by atoms with Crippen LogP contribution in [0.5, 0.6) is 0 Å². The van der Waals surface area contributed by atoms with Crippen molar-refractivity contribution >= 4 is 33.2 Å². The van der Waals surface area contributed by atoms with Crippen molar-refractivity contribution in [1.82, 2.24) is 9.97 Å². The second-order valence-corrected chi connectivity index (χ2v) is 7.20. The zero-order valence-electron chi connectivity index (χ0n) is 16.5. The molecule has 0 fully saturated rings. The molecule has 32 heavy (non-hydrogen) atoms. The second kappa shape index (κ2) is 7.51. The Morgan fingerprint density at radius 3 is 2.19 bits per heavy atom. The number of nitrogens with zero attached hydrogens (tertiary/aromatic N) is 4. The molecule has 0 saturated carbocycles. The summed E-state index contributed by atoms with van der Waals surface area (Å²) < 4.78 is 0. The second-order valence-electron chi connectivity index (χ2n) is 7.20. The highest BCUT2D eigenvalue weighted by atomic mass is 16.6. The van der Waals surface area contributed by atoms with E-state index in [-0.39, 0.29) is 11.4 Å². The Bertz CT molecular complexity index is 1530. The van der Waals surface area contributed by atoms with Gasteiger partial charge in [-0.15, -0.1) is 0 Å². The first-order valence-corrected chi connectivity index (χ1v) is 9.69. The van der Waals surface area contributed by atoms with Crippen LogP contribution >= 0.6 is 0 Å². The van der Waals surface area contributed by atoms with Gasteiger partial charge in [0.15, 0.2) is 0 Å². The molecule has 0 N–H and O–H groups in total. The Labute approximate surface area is 181 Å². The van der Waals surface area contributed by atoms with Crippen molar-refractivity contribution in [1.29, 1.82) is 0 Å². The van der Waals surface area contributed by atoms with Crippen LogP contribution in [0.3, 0.4) is 0 Å². The molecule has 0 saturated heterocycles. The van der Waals surface area contributed by atoms with Crippen LogP contribution in [-0.4, -0.2) is 19.8 Å². The molecule has 5 rings (SSSR count). The van der Waals surface area contributed by atoms with Gasteiger partial charge in [0.25, 0.3) is 11.4 Å². The van der Waals surface area contributed by atoms with Crippen LogP contribution in [0, 0.1) is 20.2 Å². The fourth-order valence-corrected chi connectivity index (χ4v) is 3.80. The maximum atomic E-state index is 11.4. The number of nitro benzene ring substituents is 2. The highest BCUT2D eigenvalue weighted by molar-refractivity contribution is 6.12. The summed E-state index contributed by atoms with van der Waals surface area (Å²) in [6.45, 7) is 0. The summed E-state index contributed by atoms with van der Waals surface area (Å²) in [6.07, 6.45) is 1.71. The van der Waals surface area contributed by atoms with Gasteiger partial charge in [0.05, 0.1) is 26.6 Å². The first-order chi connectivity index (χ1) is 15.5. The molecule has 2 heterocycles. The predicted octanol–water partition coefficient (Wildman–Crippen LogP) is 5.93. The van der Waals surface area contributed by atoms with Crippen LogP contribution in [0.2, 0.25) is 0 Å². The van der Waals surface area contributed by atoms with E-state index < -0.39 is 9.85 Å². The highest BCUT2D eigenvalue weighted by Gasteiger charge is 2.16. The summed E-state index contributed by atoms with van der Waals surface area (Å²) in [5.41, 5.74) is 4.22. The molecule has 2 aromatic heterocycles. The van der Waals surface area contributed by atoms with E-state index in [4.69, 9.17) is 4.98 Å². The molecule has 0 radical (unpaired) electrons. The van der Waals surface area contributed by atoms with E-state index in [9.17, 15) is 20.2 Å². The Morgan fingerprint density at radius 1 is 0.688 bits per heavy atom. The van der Waals surface area contributed by atoms with E-state index >= 15 is 0 Å². The normalized spacial score (nSPS) is 11.0. The molecule has 3 aromatic carbocycles. The third kappa shape index (κ3) is 3.29. The first-order valence-electron chi connectivity index (χ1n) is 9.69. The molecule has 8 nitrogen and oxygen atoms in total. The first kappa shape index (κ1) is 19.3. The third-order valence-electron chi connectivity index (χ3n) is 5.30. The molecule has 0 bridgehead atoms. The van der Waals surface area contributed by atoms with Gasteiger partial charge in [0.2, 0.25) is 0 Å². The van der Waals surface area contributed by atoms with Crippen molar-refractivity contribution in [2.45, 2.75) is 0 Å². The van der Waals surface area contributed by atoms with Gasteiger partial charge in [-0.1, -0.05) is 18.2 Å². The van der Waals surface area contributed by atoms with Gasteiger partial charge in [-0.3, -0.25) is 25.2 Å². The summed E-state index contributed by atoms with van der Waals surface area (Å²) in [6, 6.07) is 22.0. The number of aromatic nitrogens is 2. The number of nitro groups is 2. The summed E-state index contributed by atoms with van der Waals surface area (Å²) in [5, 5.41) is 24.1. The minimum Gasteiger partial charge on any atom is -0.258 e. The van der Waals surface area contributed by atoms with Gasteiger partial charge in [0, 0.05) is 46.8 Å². The predicted molar refractivity (Wildman–Crippen MR) is 121 cm³/mol. The van der Waals surface area contributed by atoms with Gasteiger partial charge < -0.3 is 0 Å². The number of pyridine rings is 2. The lowest BCUT2D eigenvalue weighted by Gasteiger charge is -2.12. The summed E-state index contributed by atoms with van der Waals surface area (Å²) in [5.74, 6) is 0. The maximum Gasteiger partial charge on any atom is 0.270 e. The third-order valence-corrected chi connectivity index (χ3v) is 5.30. The Balaban J connectivity index is 1.82. The van der Waals surface area contributed by atoms with Crippen molar-refractivity contribution in [3.63, 3.8) is 0 Å². The van der Waals surface area contributed by atoms with Crippen molar-refractivity contribution < 1.29 is 9.85 Å². The van der Waals surface area contributed by atoms with Gasteiger partial charge in [-0.05, 0) is 47.5 Å². The molecule has 5 aromatic rings. The molecule has 0 aliphatic rings. The average Bonchev–Trinajstić information content (AvgIpc) is 2.83. The van der Waals surface area contributed by atoms with E-state index in [1.165, 1.54) is 24.3 Å². The maximum absolute atomic E-state index is 11.4. The van der Waals surface area contributed by atoms with Crippen molar-refractivity contribution in [3.05, 3.63) is 105 Å². The highest BCUT2D eigenvalue weighted by Crippen LogP contribution is 2.37. The van der Waals surface area contributed by atoms with Crippen LogP contribution < -0.4 is 0 Å². The zero-order chi connectivity index (χ0) is 22.2. The number of non-ortho nitro benzene ring substituents is 2. The zero-order valence-corrected chi connectivity index (χ0v) is 16.5. The molecule has 0 aliphatic carbocycles. The van der Waals surface area contributed by atoms with E-state index in [1.54, 1.807) is 24.4 Å². The summed E-state index contributed by atoms with van der Waals surface area (Å²) >= 11 is 0. The standard InChI is InChI=1S/C24H14N4O4/c29-27(30)17-8-6-15(7-9-17)23-14-20(16-3-1-4-18(13-16)28(31)32)24-19-5-2-12-25-21(19)10-11-22(24)26-23/h1-14H. The largest absolute Gasteiger partial charge is 0.270 e. The lowest BCUT2D eigenvalue weighted by atomic mass is 9.95. The van der Waals surface area contributed by atoms with Gasteiger partial charge in [-0.2, -0.15) is 0 Å². The van der Waals surface area contributed by atoms with Gasteiger partial charge in [-0.25, -0.2) is 4.98 Å². The molecular weight excluding hydrogens is 408 g/mol. The number of rotatable bonds is 4. The van der Waals surface area contributed by atoms with Crippen LogP contribution in [0.15, 0.2) is 85.1 Å². The number of benzene rings is 3. The number of fused-ring (bicyclic) bond motifs is 3. The van der Waals surface area contributed by atoms with E-state index in [0.717, 1.165) is 21.9 Å². The molecule has 0 atom stereocenters. The molecule has 154 valence electrons. The van der Waals surface area contributed by atoms with Crippen LogP contribution in [0.4, 0.5) is 11.4 Å². The lowest BCUT2D eigenvalue weighted by molar-refractivity contribution is -0.385. The van der Waals surface area contributed by atoms with Crippen molar-refractivity contribution in [3.8, 4) is 22.4 Å². The smallest absolute Gasteiger partial charge is 0.258 e. The van der Waals surface area contributed by atoms with E-state index in [0.29, 0.717) is 22.3 Å². The molecule has 0 aliphatic heterocycles. The quantitative estimate of drug-likeness (QED) is 0.201.